The van der Waals surface area contributed by atoms with Crippen molar-refractivity contribution in [3.63, 3.8) is 0 Å². The van der Waals surface area contributed by atoms with Crippen LogP contribution in [0.3, 0.4) is 0 Å². The monoisotopic (exact) mass is 354 g/mol. The first-order valence-electron chi connectivity index (χ1n) is 8.20. The number of aromatic amines is 1. The van der Waals surface area contributed by atoms with Gasteiger partial charge in [-0.2, -0.15) is 5.26 Å². The van der Waals surface area contributed by atoms with Gasteiger partial charge in [-0.15, -0.1) is 5.10 Å². The Balaban J connectivity index is 2.33. The van der Waals surface area contributed by atoms with E-state index in [0.29, 0.717) is 23.0 Å². The number of hydrogen-bond donors (Lipinski definition) is 2. The van der Waals surface area contributed by atoms with Crippen LogP contribution in [0.15, 0.2) is 29.7 Å². The van der Waals surface area contributed by atoms with Crippen molar-refractivity contribution in [1.29, 1.82) is 5.26 Å². The minimum Gasteiger partial charge on any atom is -0.497 e. The van der Waals surface area contributed by atoms with E-state index in [2.05, 4.69) is 37.0 Å². The topological polar surface area (TPSA) is 106 Å². The number of fused-ring (bicyclic) bond motifs is 1. The van der Waals surface area contributed by atoms with E-state index in [1.807, 2.05) is 18.2 Å². The van der Waals surface area contributed by atoms with Crippen molar-refractivity contribution in [2.75, 3.05) is 14.2 Å². The number of nitrogens with two attached hydrogens (primary N) is 1. The van der Waals surface area contributed by atoms with Gasteiger partial charge in [-0.1, -0.05) is 20.8 Å². The Morgan fingerprint density at radius 1 is 1.27 bits per heavy atom. The maximum atomic E-state index is 9.77. The zero-order chi connectivity index (χ0) is 19.1. The van der Waals surface area contributed by atoms with Crippen LogP contribution in [-0.2, 0) is 5.41 Å². The number of methoxy groups -OCH3 is 2. The van der Waals surface area contributed by atoms with E-state index in [1.54, 1.807) is 14.2 Å². The summed E-state index contributed by atoms with van der Waals surface area (Å²) in [5.74, 6) is 1.24. The minimum atomic E-state index is -0.471. The van der Waals surface area contributed by atoms with Gasteiger partial charge in [0.2, 0.25) is 11.8 Å². The van der Waals surface area contributed by atoms with E-state index < -0.39 is 5.92 Å². The second kappa shape index (κ2) is 6.30. The third kappa shape index (κ3) is 2.73. The van der Waals surface area contributed by atoms with Gasteiger partial charge in [-0.3, -0.25) is 5.10 Å². The van der Waals surface area contributed by atoms with Gasteiger partial charge in [0.1, 0.15) is 23.1 Å². The fourth-order valence-electron chi connectivity index (χ4n) is 3.19. The average molecular weight is 354 g/mol. The number of allylic oxidation sites excluding steroid dienone is 1. The zero-order valence-corrected chi connectivity index (χ0v) is 15.5. The molecule has 26 heavy (non-hydrogen) atoms. The molecule has 3 rings (SSSR count). The molecule has 1 unspecified atom stereocenters. The van der Waals surface area contributed by atoms with Crippen LogP contribution < -0.4 is 19.9 Å². The van der Waals surface area contributed by atoms with Gasteiger partial charge >= 0.3 is 0 Å². The van der Waals surface area contributed by atoms with E-state index in [4.69, 9.17) is 19.9 Å². The molecule has 2 heterocycles. The minimum absolute atomic E-state index is 0.0434. The fraction of sp³-hybridized carbons (Fsp3) is 0.368. The molecule has 7 nitrogen and oxygen atoms in total. The van der Waals surface area contributed by atoms with Gasteiger partial charge < -0.3 is 19.9 Å². The van der Waals surface area contributed by atoms with Crippen LogP contribution in [0.5, 0.6) is 17.4 Å². The molecule has 7 heteroatoms. The summed E-state index contributed by atoms with van der Waals surface area (Å²) in [6.45, 7) is 6.19. The Kier molecular flexibility index (Phi) is 4.28. The standard InChI is InChI=1S/C19H22N4O3/c1-19(2,3)16-15-14(11-8-10(24-4)6-7-13(11)25-5)12(9-20)17(21)26-18(15)23-22-16/h6-8,14H,21H2,1-5H3,(H,22,23). The lowest BCUT2D eigenvalue weighted by Crippen LogP contribution is -2.24. The molecule has 0 fully saturated rings. The third-order valence-corrected chi connectivity index (χ3v) is 4.44. The highest BCUT2D eigenvalue weighted by molar-refractivity contribution is 5.60. The summed E-state index contributed by atoms with van der Waals surface area (Å²) in [6.07, 6.45) is 0. The summed E-state index contributed by atoms with van der Waals surface area (Å²) in [4.78, 5) is 0. The maximum absolute atomic E-state index is 9.77. The molecule has 2 aromatic rings. The van der Waals surface area contributed by atoms with Crippen molar-refractivity contribution < 1.29 is 14.2 Å². The molecular formula is C19H22N4O3. The van der Waals surface area contributed by atoms with Crippen LogP contribution in [-0.4, -0.2) is 24.4 Å². The highest BCUT2D eigenvalue weighted by Gasteiger charge is 2.39. The summed E-state index contributed by atoms with van der Waals surface area (Å²) in [5, 5.41) is 17.1. The first-order chi connectivity index (χ1) is 12.3. The van der Waals surface area contributed by atoms with Crippen LogP contribution in [0, 0.1) is 11.3 Å². The summed E-state index contributed by atoms with van der Waals surface area (Å²) in [5.41, 5.74) is 8.53. The van der Waals surface area contributed by atoms with E-state index in [0.717, 1.165) is 16.8 Å². The number of benzene rings is 1. The Bertz CT molecular complexity index is 916. The molecule has 0 bridgehead atoms. The van der Waals surface area contributed by atoms with Gasteiger partial charge in [0, 0.05) is 16.7 Å². The number of rotatable bonds is 3. The number of nitrogens with one attached hydrogen (secondary N) is 1. The molecule has 1 aliphatic rings. The predicted molar refractivity (Wildman–Crippen MR) is 96.1 cm³/mol. The van der Waals surface area contributed by atoms with Crippen LogP contribution >= 0.6 is 0 Å². The molecule has 1 aromatic carbocycles. The maximum Gasteiger partial charge on any atom is 0.244 e. The average Bonchev–Trinajstić information content (AvgIpc) is 3.03. The predicted octanol–water partition coefficient (Wildman–Crippen LogP) is 2.94. The lowest BCUT2D eigenvalue weighted by molar-refractivity contribution is 0.372. The molecule has 1 atom stereocenters. The van der Waals surface area contributed by atoms with Crippen LogP contribution in [0.4, 0.5) is 0 Å². The van der Waals surface area contributed by atoms with Crippen molar-refractivity contribution in [1.82, 2.24) is 10.2 Å². The molecule has 0 spiro atoms. The third-order valence-electron chi connectivity index (χ3n) is 4.44. The molecule has 0 amide bonds. The zero-order valence-electron chi connectivity index (χ0n) is 15.5. The van der Waals surface area contributed by atoms with Gasteiger partial charge in [0.25, 0.3) is 0 Å². The summed E-state index contributed by atoms with van der Waals surface area (Å²) in [7, 11) is 3.18. The van der Waals surface area contributed by atoms with E-state index in [9.17, 15) is 5.26 Å². The highest BCUT2D eigenvalue weighted by atomic mass is 16.5. The van der Waals surface area contributed by atoms with Crippen molar-refractivity contribution in [2.45, 2.75) is 32.1 Å². The first kappa shape index (κ1) is 17.7. The normalized spacial score (nSPS) is 16.5. The number of H-pyrrole nitrogens is 1. The van der Waals surface area contributed by atoms with Gasteiger partial charge in [0.05, 0.1) is 25.7 Å². The number of nitriles is 1. The van der Waals surface area contributed by atoms with Gasteiger partial charge in [-0.05, 0) is 18.2 Å². The Hall–Kier alpha value is -3.14. The Morgan fingerprint density at radius 2 is 2.00 bits per heavy atom. The molecule has 1 aliphatic heterocycles. The SMILES string of the molecule is COc1ccc(OC)c(C2C(C#N)=C(N)Oc3n[nH]c(C(C)(C)C)c32)c1. The molecule has 0 radical (unpaired) electrons. The van der Waals surface area contributed by atoms with Crippen molar-refractivity contribution in [3.8, 4) is 23.4 Å². The molecule has 136 valence electrons. The van der Waals surface area contributed by atoms with Crippen LogP contribution in [0.25, 0.3) is 0 Å². The Labute approximate surface area is 152 Å². The Morgan fingerprint density at radius 3 is 2.58 bits per heavy atom. The van der Waals surface area contributed by atoms with Crippen molar-refractivity contribution in [2.24, 2.45) is 5.73 Å². The largest absolute Gasteiger partial charge is 0.497 e. The van der Waals surface area contributed by atoms with Crippen molar-refractivity contribution >= 4 is 0 Å². The lowest BCUT2D eigenvalue weighted by atomic mass is 9.78. The number of ether oxygens (including phenoxy) is 3. The fourth-order valence-corrected chi connectivity index (χ4v) is 3.19. The summed E-state index contributed by atoms with van der Waals surface area (Å²) < 4.78 is 16.5. The van der Waals surface area contributed by atoms with Crippen molar-refractivity contribution in [3.05, 3.63) is 46.5 Å². The number of aromatic nitrogens is 2. The number of nitrogens with zero attached hydrogens (tertiary/aromatic N) is 2. The second-order valence-corrected chi connectivity index (χ2v) is 7.10. The number of hydrogen-bond acceptors (Lipinski definition) is 6. The van der Waals surface area contributed by atoms with Crippen LogP contribution in [0.1, 0.15) is 43.5 Å². The molecule has 0 saturated heterocycles. The molecule has 0 aliphatic carbocycles. The highest BCUT2D eigenvalue weighted by Crippen LogP contribution is 2.48. The smallest absolute Gasteiger partial charge is 0.244 e. The lowest BCUT2D eigenvalue weighted by Gasteiger charge is -2.28. The van der Waals surface area contributed by atoms with E-state index >= 15 is 0 Å². The quantitative estimate of drug-likeness (QED) is 0.878. The molecule has 1 aromatic heterocycles. The second-order valence-electron chi connectivity index (χ2n) is 7.10. The van der Waals surface area contributed by atoms with Crippen LogP contribution in [0.2, 0.25) is 0 Å². The summed E-state index contributed by atoms with van der Waals surface area (Å²) >= 11 is 0. The molecular weight excluding hydrogens is 332 g/mol. The van der Waals surface area contributed by atoms with E-state index in [1.165, 1.54) is 0 Å². The first-order valence-corrected chi connectivity index (χ1v) is 8.20. The van der Waals surface area contributed by atoms with Gasteiger partial charge in [-0.25, -0.2) is 0 Å². The molecule has 3 N–H and O–H groups in total. The summed E-state index contributed by atoms with van der Waals surface area (Å²) in [6, 6.07) is 7.66. The molecule has 0 saturated carbocycles. The van der Waals surface area contributed by atoms with E-state index in [-0.39, 0.29) is 11.3 Å². The van der Waals surface area contributed by atoms with Gasteiger partial charge in [0.15, 0.2) is 0 Å².